The van der Waals surface area contributed by atoms with E-state index in [0.717, 1.165) is 77.6 Å². The summed E-state index contributed by atoms with van der Waals surface area (Å²) in [5.41, 5.74) is 16.4. The number of anilines is 3. The molecule has 3 heteroatoms. The Bertz CT molecular complexity index is 3510. The van der Waals surface area contributed by atoms with E-state index in [4.69, 9.17) is 8.83 Å². The predicted octanol–water partition coefficient (Wildman–Crippen LogP) is 17.7. The molecule has 0 bridgehead atoms. The molecule has 0 saturated heterocycles. The molecule has 9 aromatic carbocycles. The van der Waals surface area contributed by atoms with Crippen molar-refractivity contribution in [2.45, 2.75) is 52.4 Å². The van der Waals surface area contributed by atoms with Crippen LogP contribution in [0.25, 0.3) is 88.0 Å². The van der Waals surface area contributed by atoms with Gasteiger partial charge in [0, 0.05) is 27.4 Å². The van der Waals surface area contributed by atoms with E-state index in [1.165, 1.54) is 38.6 Å². The molecule has 2 aromatic heterocycles. The molecule has 63 heavy (non-hydrogen) atoms. The summed E-state index contributed by atoms with van der Waals surface area (Å²) in [5, 5.41) is 6.83. The molecule has 0 aliphatic rings. The molecule has 0 amide bonds. The van der Waals surface area contributed by atoms with E-state index in [9.17, 15) is 0 Å². The van der Waals surface area contributed by atoms with E-state index in [-0.39, 0.29) is 10.8 Å². The average Bonchev–Trinajstić information content (AvgIpc) is 3.87. The maximum Gasteiger partial charge on any atom is 0.137 e. The Labute approximate surface area is 368 Å². The zero-order chi connectivity index (χ0) is 43.0. The first-order chi connectivity index (χ1) is 30.5. The lowest BCUT2D eigenvalue weighted by Gasteiger charge is -2.29. The van der Waals surface area contributed by atoms with Gasteiger partial charge >= 0.3 is 0 Å². The zero-order valence-electron chi connectivity index (χ0n) is 36.7. The molecule has 0 N–H and O–H groups in total. The average molecular weight is 816 g/mol. The molecule has 306 valence electrons. The SMILES string of the molecule is CC(C)(C)c1cc(-c2cccc3cccc(-c4ccccc4N(c4cccc(-c5ccc6oc7ccccc7c6c5)c4)c4cccc5oc6ccccc6c45)c23)cc(C(C)(C)C)c1. The minimum absolute atomic E-state index is 0.0125. The van der Waals surface area contributed by atoms with Crippen LogP contribution in [0.15, 0.2) is 197 Å². The predicted molar refractivity (Wildman–Crippen MR) is 267 cm³/mol. The minimum Gasteiger partial charge on any atom is -0.456 e. The molecule has 0 aliphatic heterocycles. The Morgan fingerprint density at radius 1 is 0.349 bits per heavy atom. The van der Waals surface area contributed by atoms with Crippen molar-refractivity contribution in [1.29, 1.82) is 0 Å². The molecule has 11 aromatic rings. The lowest BCUT2D eigenvalue weighted by Crippen LogP contribution is -2.16. The third-order valence-corrected chi connectivity index (χ3v) is 12.8. The van der Waals surface area contributed by atoms with Gasteiger partial charge in [0.1, 0.15) is 22.3 Å². The van der Waals surface area contributed by atoms with Crippen LogP contribution in [0.1, 0.15) is 52.7 Å². The van der Waals surface area contributed by atoms with Crippen LogP contribution in [0.2, 0.25) is 0 Å². The van der Waals surface area contributed by atoms with Crippen molar-refractivity contribution in [3.8, 4) is 33.4 Å². The van der Waals surface area contributed by atoms with Gasteiger partial charge in [0.2, 0.25) is 0 Å². The van der Waals surface area contributed by atoms with E-state index < -0.39 is 0 Å². The third-order valence-electron chi connectivity index (χ3n) is 12.8. The molecule has 0 spiro atoms. The quantitative estimate of drug-likeness (QED) is 0.167. The summed E-state index contributed by atoms with van der Waals surface area (Å²) in [7, 11) is 0. The number of fused-ring (bicyclic) bond motifs is 7. The van der Waals surface area contributed by atoms with Gasteiger partial charge in [0.25, 0.3) is 0 Å². The van der Waals surface area contributed by atoms with Crippen molar-refractivity contribution in [2.24, 2.45) is 0 Å². The van der Waals surface area contributed by atoms with Crippen molar-refractivity contribution in [3.05, 3.63) is 199 Å². The molecule has 2 heterocycles. The monoisotopic (exact) mass is 815 g/mol. The molecule has 0 atom stereocenters. The van der Waals surface area contributed by atoms with Crippen molar-refractivity contribution < 1.29 is 8.83 Å². The fourth-order valence-electron chi connectivity index (χ4n) is 9.43. The normalized spacial score (nSPS) is 12.3. The topological polar surface area (TPSA) is 29.5 Å². The molecule has 0 fully saturated rings. The summed E-state index contributed by atoms with van der Waals surface area (Å²) in [6.07, 6.45) is 0. The summed E-state index contributed by atoms with van der Waals surface area (Å²) in [6, 6.07) is 68.2. The van der Waals surface area contributed by atoms with Gasteiger partial charge in [0.05, 0.1) is 16.8 Å². The molecule has 0 aliphatic carbocycles. The summed E-state index contributed by atoms with van der Waals surface area (Å²) < 4.78 is 12.8. The molecule has 0 saturated carbocycles. The van der Waals surface area contributed by atoms with Crippen molar-refractivity contribution in [3.63, 3.8) is 0 Å². The van der Waals surface area contributed by atoms with Gasteiger partial charge < -0.3 is 13.7 Å². The van der Waals surface area contributed by atoms with Gasteiger partial charge in [-0.3, -0.25) is 0 Å². The van der Waals surface area contributed by atoms with E-state index in [0.29, 0.717) is 0 Å². The highest BCUT2D eigenvalue weighted by Crippen LogP contribution is 2.49. The van der Waals surface area contributed by atoms with Gasteiger partial charge in [0.15, 0.2) is 0 Å². The summed E-state index contributed by atoms with van der Waals surface area (Å²) >= 11 is 0. The maximum atomic E-state index is 6.55. The van der Waals surface area contributed by atoms with Gasteiger partial charge in [-0.1, -0.05) is 175 Å². The highest BCUT2D eigenvalue weighted by Gasteiger charge is 2.25. The molecule has 0 unspecified atom stereocenters. The van der Waals surface area contributed by atoms with E-state index in [2.05, 4.69) is 216 Å². The van der Waals surface area contributed by atoms with Crippen molar-refractivity contribution >= 4 is 71.7 Å². The van der Waals surface area contributed by atoms with Crippen LogP contribution < -0.4 is 4.90 Å². The van der Waals surface area contributed by atoms with Gasteiger partial charge in [-0.2, -0.15) is 0 Å². The first kappa shape index (κ1) is 38.6. The van der Waals surface area contributed by atoms with E-state index in [1.54, 1.807) is 0 Å². The standard InChI is InChI=1S/C60H49NO2/c1-59(2,3)42-33-41(34-43(37-42)60(4,5)6)45-24-14-17-38-18-15-25-48(57(38)45)46-21-7-10-26-51(46)61(52-27-16-30-56-58(52)49-23-9-12-29-54(49)63-56)44-20-13-19-39(35-44)40-31-32-55-50(36-40)47-22-8-11-28-53(47)62-55/h7-37H,1-6H3. The molecular formula is C60H49NO2. The Kier molecular flexibility index (Phi) is 8.96. The fourth-order valence-corrected chi connectivity index (χ4v) is 9.43. The van der Waals surface area contributed by atoms with Crippen LogP contribution in [-0.2, 0) is 10.8 Å². The summed E-state index contributed by atoms with van der Waals surface area (Å²) in [5.74, 6) is 0. The molecule has 3 nitrogen and oxygen atoms in total. The third kappa shape index (κ3) is 6.67. The first-order valence-corrected chi connectivity index (χ1v) is 22.0. The number of nitrogens with zero attached hydrogens (tertiary/aromatic N) is 1. The maximum absolute atomic E-state index is 6.55. The van der Waals surface area contributed by atoms with E-state index in [1.807, 2.05) is 18.2 Å². The second-order valence-electron chi connectivity index (χ2n) is 19.0. The fraction of sp³-hybridized carbons (Fsp3) is 0.133. The van der Waals surface area contributed by atoms with Gasteiger partial charge in [-0.15, -0.1) is 0 Å². The number of para-hydroxylation sites is 3. The number of hydrogen-bond acceptors (Lipinski definition) is 3. The van der Waals surface area contributed by atoms with Crippen LogP contribution in [0.4, 0.5) is 17.1 Å². The minimum atomic E-state index is -0.0125. The number of hydrogen-bond donors (Lipinski definition) is 0. The van der Waals surface area contributed by atoms with Gasteiger partial charge in [-0.05, 0) is 115 Å². The second kappa shape index (κ2) is 14.6. The van der Waals surface area contributed by atoms with E-state index >= 15 is 0 Å². The number of furan rings is 2. The van der Waals surface area contributed by atoms with Gasteiger partial charge in [-0.25, -0.2) is 0 Å². The lowest BCUT2D eigenvalue weighted by atomic mass is 9.78. The van der Waals surface area contributed by atoms with Crippen LogP contribution >= 0.6 is 0 Å². The first-order valence-electron chi connectivity index (χ1n) is 22.0. The molecule has 0 radical (unpaired) electrons. The lowest BCUT2D eigenvalue weighted by molar-refractivity contribution is 0.569. The van der Waals surface area contributed by atoms with Crippen LogP contribution in [0.3, 0.4) is 0 Å². The summed E-state index contributed by atoms with van der Waals surface area (Å²) in [6.45, 7) is 13.9. The van der Waals surface area contributed by atoms with Crippen molar-refractivity contribution in [2.75, 3.05) is 4.90 Å². The zero-order valence-corrected chi connectivity index (χ0v) is 36.7. The van der Waals surface area contributed by atoms with Crippen LogP contribution in [-0.4, -0.2) is 0 Å². The Morgan fingerprint density at radius 3 is 1.67 bits per heavy atom. The van der Waals surface area contributed by atoms with Crippen molar-refractivity contribution in [1.82, 2.24) is 0 Å². The Morgan fingerprint density at radius 2 is 0.905 bits per heavy atom. The Hall–Kier alpha value is -7.36. The summed E-state index contributed by atoms with van der Waals surface area (Å²) in [4.78, 5) is 2.44. The largest absolute Gasteiger partial charge is 0.456 e. The highest BCUT2D eigenvalue weighted by molar-refractivity contribution is 6.15. The smallest absolute Gasteiger partial charge is 0.137 e. The molecular weight excluding hydrogens is 767 g/mol. The number of rotatable bonds is 6. The highest BCUT2D eigenvalue weighted by atomic mass is 16.3. The van der Waals surface area contributed by atoms with Crippen LogP contribution in [0, 0.1) is 0 Å². The molecule has 11 rings (SSSR count). The Balaban J connectivity index is 1.16. The second-order valence-corrected chi connectivity index (χ2v) is 19.0. The number of benzene rings is 9. The van der Waals surface area contributed by atoms with Crippen LogP contribution in [0.5, 0.6) is 0 Å².